The van der Waals surface area contributed by atoms with Gasteiger partial charge in [-0.05, 0) is 48.9 Å². The molecule has 1 saturated heterocycles. The van der Waals surface area contributed by atoms with E-state index < -0.39 is 0 Å². The van der Waals surface area contributed by atoms with Gasteiger partial charge in [0.2, 0.25) is 5.89 Å². The average molecular weight is 491 g/mol. The zero-order valence-electron chi connectivity index (χ0n) is 19.3. The van der Waals surface area contributed by atoms with Crippen LogP contribution in [0.15, 0.2) is 58.7 Å². The van der Waals surface area contributed by atoms with Crippen molar-refractivity contribution in [2.75, 3.05) is 13.2 Å². The van der Waals surface area contributed by atoms with Crippen LogP contribution >= 0.6 is 11.3 Å². The number of fused-ring (bicyclic) bond motifs is 1. The van der Waals surface area contributed by atoms with Crippen LogP contribution in [0, 0.1) is 0 Å². The molecule has 0 radical (unpaired) electrons. The summed E-state index contributed by atoms with van der Waals surface area (Å²) in [5.41, 5.74) is 1.31. The van der Waals surface area contributed by atoms with Crippen LogP contribution in [0.1, 0.15) is 58.0 Å². The Bertz CT molecular complexity index is 1340. The number of ether oxygens (including phenoxy) is 1. The largest absolute Gasteiger partial charge is 0.439 e. The third kappa shape index (κ3) is 5.26. The summed E-state index contributed by atoms with van der Waals surface area (Å²) in [7, 11) is 0. The highest BCUT2D eigenvalue weighted by molar-refractivity contribution is 7.12. The second-order valence-electron chi connectivity index (χ2n) is 8.50. The first kappa shape index (κ1) is 23.2. The number of pyridine rings is 1. The predicted molar refractivity (Wildman–Crippen MR) is 133 cm³/mol. The van der Waals surface area contributed by atoms with Crippen molar-refractivity contribution in [1.29, 1.82) is 0 Å². The molecular weight excluding hydrogens is 464 g/mol. The van der Waals surface area contributed by atoms with Gasteiger partial charge in [-0.2, -0.15) is 0 Å². The van der Waals surface area contributed by atoms with E-state index in [1.807, 2.05) is 30.5 Å². The summed E-state index contributed by atoms with van der Waals surface area (Å²) in [6.45, 7) is 3.32. The number of rotatable bonds is 7. The first-order chi connectivity index (χ1) is 17.1. The van der Waals surface area contributed by atoms with E-state index in [2.05, 4.69) is 20.6 Å². The van der Waals surface area contributed by atoms with Gasteiger partial charge < -0.3 is 19.8 Å². The Hall–Kier alpha value is -3.56. The van der Waals surface area contributed by atoms with Gasteiger partial charge in [-0.1, -0.05) is 13.0 Å². The smallest absolute Gasteiger partial charge is 0.261 e. The molecule has 1 fully saturated rings. The Morgan fingerprint density at radius 3 is 2.80 bits per heavy atom. The molecular formula is C26H26N4O4S. The number of aromatic nitrogens is 2. The highest BCUT2D eigenvalue weighted by Crippen LogP contribution is 2.28. The lowest BCUT2D eigenvalue weighted by Gasteiger charge is -2.22. The number of oxazole rings is 1. The Balaban J connectivity index is 1.26. The van der Waals surface area contributed by atoms with Gasteiger partial charge in [0.1, 0.15) is 5.76 Å². The summed E-state index contributed by atoms with van der Waals surface area (Å²) >= 11 is 1.36. The van der Waals surface area contributed by atoms with Gasteiger partial charge in [-0.3, -0.25) is 14.6 Å². The van der Waals surface area contributed by atoms with Gasteiger partial charge in [0.15, 0.2) is 0 Å². The molecule has 1 atom stereocenters. The van der Waals surface area contributed by atoms with E-state index >= 15 is 0 Å². The van der Waals surface area contributed by atoms with Crippen molar-refractivity contribution in [3.63, 3.8) is 0 Å². The fourth-order valence-electron chi connectivity index (χ4n) is 4.09. The zero-order valence-corrected chi connectivity index (χ0v) is 20.1. The fourth-order valence-corrected chi connectivity index (χ4v) is 4.87. The van der Waals surface area contributed by atoms with Crippen molar-refractivity contribution in [2.45, 2.75) is 38.3 Å². The van der Waals surface area contributed by atoms with Crippen LogP contribution in [0.2, 0.25) is 0 Å². The molecule has 3 aromatic heterocycles. The molecule has 2 amide bonds. The van der Waals surface area contributed by atoms with Crippen LogP contribution in [0.25, 0.3) is 22.2 Å². The van der Waals surface area contributed by atoms with E-state index in [-0.39, 0.29) is 23.9 Å². The van der Waals surface area contributed by atoms with Gasteiger partial charge in [0.05, 0.1) is 17.1 Å². The maximum absolute atomic E-state index is 12.9. The van der Waals surface area contributed by atoms with E-state index in [1.54, 1.807) is 30.7 Å². The molecule has 0 aliphatic carbocycles. The number of benzene rings is 1. The maximum Gasteiger partial charge on any atom is 0.261 e. The third-order valence-corrected chi connectivity index (χ3v) is 7.04. The molecule has 1 aliphatic rings. The number of amides is 2. The number of hydrogen-bond donors (Lipinski definition) is 2. The molecule has 0 bridgehead atoms. The standard InChI is InChI=1S/C26H26N4O4S/c1-2-21(30-24(31)17-3-4-18-13-27-8-5-16(18)11-17)22-14-28-26(34-22)19-12-23(35-15-19)25(32)29-20-6-9-33-10-7-20/h3-5,8,11-15,20-21H,2,6-7,9-10H2,1H3,(H,29,32)(H,30,31). The van der Waals surface area contributed by atoms with Crippen LogP contribution in [0.5, 0.6) is 0 Å². The molecule has 35 heavy (non-hydrogen) atoms. The number of nitrogens with one attached hydrogen (secondary N) is 2. The number of carbonyl (C=O) groups is 2. The van der Waals surface area contributed by atoms with E-state index in [4.69, 9.17) is 9.15 Å². The molecule has 0 saturated carbocycles. The number of thiophene rings is 1. The predicted octanol–water partition coefficient (Wildman–Crippen LogP) is 4.74. The minimum atomic E-state index is -0.327. The molecule has 5 rings (SSSR count). The van der Waals surface area contributed by atoms with E-state index in [0.717, 1.165) is 29.2 Å². The van der Waals surface area contributed by atoms with Gasteiger partial charge in [-0.15, -0.1) is 11.3 Å². The number of nitrogens with zero attached hydrogens (tertiary/aromatic N) is 2. The molecule has 4 heterocycles. The van der Waals surface area contributed by atoms with Crippen molar-refractivity contribution in [1.82, 2.24) is 20.6 Å². The maximum atomic E-state index is 12.9. The highest BCUT2D eigenvalue weighted by Gasteiger charge is 2.22. The minimum Gasteiger partial charge on any atom is -0.439 e. The van der Waals surface area contributed by atoms with Crippen LogP contribution in [0.4, 0.5) is 0 Å². The van der Waals surface area contributed by atoms with Gasteiger partial charge in [0.25, 0.3) is 11.8 Å². The fraction of sp³-hybridized carbons (Fsp3) is 0.308. The summed E-state index contributed by atoms with van der Waals surface area (Å²) < 4.78 is 11.3. The summed E-state index contributed by atoms with van der Waals surface area (Å²) in [6.07, 6.45) is 7.41. The molecule has 2 N–H and O–H groups in total. The van der Waals surface area contributed by atoms with Crippen LogP contribution in [0.3, 0.4) is 0 Å². The zero-order chi connectivity index (χ0) is 24.2. The Kier molecular flexibility index (Phi) is 6.87. The summed E-state index contributed by atoms with van der Waals surface area (Å²) in [5.74, 6) is 0.716. The Labute approximate surface area is 206 Å². The average Bonchev–Trinajstić information content (AvgIpc) is 3.58. The molecule has 0 spiro atoms. The normalized spacial score (nSPS) is 15.1. The van der Waals surface area contributed by atoms with Crippen molar-refractivity contribution < 1.29 is 18.7 Å². The van der Waals surface area contributed by atoms with Crippen molar-refractivity contribution in [3.8, 4) is 11.5 Å². The molecule has 1 aliphatic heterocycles. The molecule has 1 unspecified atom stereocenters. The molecule has 8 nitrogen and oxygen atoms in total. The third-order valence-electron chi connectivity index (χ3n) is 6.11. The van der Waals surface area contributed by atoms with Gasteiger partial charge in [-0.25, -0.2) is 4.98 Å². The second kappa shape index (κ2) is 10.4. The molecule has 4 aromatic rings. The second-order valence-corrected chi connectivity index (χ2v) is 9.41. The molecule has 180 valence electrons. The molecule has 9 heteroatoms. The number of hydrogen-bond acceptors (Lipinski definition) is 7. The summed E-state index contributed by atoms with van der Waals surface area (Å²) in [6, 6.07) is 9.01. The SMILES string of the molecule is CCC(NC(=O)c1ccc2cnccc2c1)c1cnc(-c2csc(C(=O)NC3CCOCC3)c2)o1. The lowest BCUT2D eigenvalue weighted by Crippen LogP contribution is -2.38. The lowest BCUT2D eigenvalue weighted by molar-refractivity contribution is 0.0698. The van der Waals surface area contributed by atoms with Crippen molar-refractivity contribution >= 4 is 33.9 Å². The monoisotopic (exact) mass is 490 g/mol. The Morgan fingerprint density at radius 1 is 1.11 bits per heavy atom. The highest BCUT2D eigenvalue weighted by atomic mass is 32.1. The molecule has 1 aromatic carbocycles. The summed E-state index contributed by atoms with van der Waals surface area (Å²) in [4.78, 5) is 34.6. The lowest BCUT2D eigenvalue weighted by atomic mass is 10.1. The van der Waals surface area contributed by atoms with Gasteiger partial charge >= 0.3 is 0 Å². The van der Waals surface area contributed by atoms with Crippen LogP contribution in [-0.2, 0) is 4.74 Å². The number of carbonyl (C=O) groups excluding carboxylic acids is 2. The van der Waals surface area contributed by atoms with E-state index in [1.165, 1.54) is 11.3 Å². The first-order valence-electron chi connectivity index (χ1n) is 11.7. The minimum absolute atomic E-state index is 0.0928. The van der Waals surface area contributed by atoms with Gasteiger partial charge in [0, 0.05) is 53.5 Å². The Morgan fingerprint density at radius 2 is 1.97 bits per heavy atom. The van der Waals surface area contributed by atoms with E-state index in [0.29, 0.717) is 41.7 Å². The first-order valence-corrected chi connectivity index (χ1v) is 12.6. The topological polar surface area (TPSA) is 106 Å². The van der Waals surface area contributed by atoms with Crippen LogP contribution < -0.4 is 10.6 Å². The van der Waals surface area contributed by atoms with E-state index in [9.17, 15) is 9.59 Å². The van der Waals surface area contributed by atoms with Crippen molar-refractivity contribution in [2.24, 2.45) is 0 Å². The quantitative estimate of drug-likeness (QED) is 0.388. The van der Waals surface area contributed by atoms with Crippen LogP contribution in [-0.4, -0.2) is 41.0 Å². The summed E-state index contributed by atoms with van der Waals surface area (Å²) in [5, 5.41) is 9.90. The van der Waals surface area contributed by atoms with Crippen molar-refractivity contribution in [3.05, 3.63) is 70.5 Å².